The van der Waals surface area contributed by atoms with Crippen LogP contribution in [0.1, 0.15) is 122 Å². The van der Waals surface area contributed by atoms with Crippen LogP contribution < -0.4 is 40.2 Å². The lowest BCUT2D eigenvalue weighted by molar-refractivity contribution is 0.0910. The van der Waals surface area contributed by atoms with Gasteiger partial charge >= 0.3 is 0 Å². The van der Waals surface area contributed by atoms with Gasteiger partial charge in [0.05, 0.1) is 155 Å². The summed E-state index contributed by atoms with van der Waals surface area (Å²) in [6, 6.07) is 38.5. The van der Waals surface area contributed by atoms with Crippen molar-refractivity contribution in [3.8, 4) is 23.0 Å². The Bertz CT molecular complexity index is 5950. The molecule has 576 valence electrons. The third-order valence-corrected chi connectivity index (χ3v) is 18.4. The van der Waals surface area contributed by atoms with Crippen LogP contribution in [0.3, 0.4) is 0 Å². The van der Waals surface area contributed by atoms with Crippen LogP contribution in [0, 0.1) is 17.8 Å². The summed E-state index contributed by atoms with van der Waals surface area (Å²) >= 11 is 1.54. The number of H-pyrrole nitrogens is 4. The lowest BCUT2D eigenvalue weighted by atomic mass is 10.0. The molecule has 31 heteroatoms. The summed E-state index contributed by atoms with van der Waals surface area (Å²) in [5.41, 5.74) is 9.98. The van der Waals surface area contributed by atoms with Gasteiger partial charge in [-0.2, -0.15) is 33.6 Å². The summed E-state index contributed by atoms with van der Waals surface area (Å²) in [5, 5.41) is 55.7. The van der Waals surface area contributed by atoms with Crippen molar-refractivity contribution in [1.29, 1.82) is 0 Å². The van der Waals surface area contributed by atoms with Gasteiger partial charge < -0.3 is 54.2 Å². The van der Waals surface area contributed by atoms with Crippen LogP contribution >= 0.6 is 11.3 Å². The zero-order valence-electron chi connectivity index (χ0n) is 61.3. The Balaban J connectivity index is 0.000000133. The molecule has 16 rings (SSSR count). The number of aliphatic hydroxyl groups is 1. The number of thiazole rings is 1. The van der Waals surface area contributed by atoms with Crippen molar-refractivity contribution in [3.63, 3.8) is 0 Å². The number of nitrogens with zero attached hydrogens (tertiary/aromatic N) is 8. The van der Waals surface area contributed by atoms with Crippen molar-refractivity contribution < 1.29 is 65.2 Å². The van der Waals surface area contributed by atoms with E-state index in [0.29, 0.717) is 119 Å². The molecule has 0 radical (unpaired) electrons. The molecule has 0 aliphatic heterocycles. The number of halogens is 3. The Morgan fingerprint density at radius 3 is 1.19 bits per heavy atom. The van der Waals surface area contributed by atoms with E-state index in [0.717, 1.165) is 51.0 Å². The molecular weight excluding hydrogens is 1490 g/mol. The first kappa shape index (κ1) is 77.6. The summed E-state index contributed by atoms with van der Waals surface area (Å²) in [6.45, 7) is 0.323. The number of hydrogen-bond acceptors (Lipinski definition) is 20. The number of carbonyl (C=O) groups is 4. The zero-order valence-corrected chi connectivity index (χ0v) is 62.1. The maximum absolute atomic E-state index is 13.1. The Hall–Kier alpha value is -14.6. The highest BCUT2D eigenvalue weighted by Crippen LogP contribution is 2.37. The Kier molecular flexibility index (Phi) is 25.0. The number of furan rings is 2. The van der Waals surface area contributed by atoms with E-state index < -0.39 is 23.9 Å². The molecule has 1 saturated carbocycles. The number of amides is 4. The average molecular weight is 1560 g/mol. The Morgan fingerprint density at radius 1 is 0.474 bits per heavy atom. The molecular formula is C83H71F3N16O11S. The summed E-state index contributed by atoms with van der Waals surface area (Å²) in [6.07, 6.45) is 25.6. The van der Waals surface area contributed by atoms with Crippen molar-refractivity contribution in [2.24, 2.45) is 0 Å². The van der Waals surface area contributed by atoms with Gasteiger partial charge in [0, 0.05) is 36.2 Å². The number of ether oxygens (including phenoxy) is 4. The standard InChI is InChI=1S/C24H21FN4O3.C21H17FN4O3.C19H17FN4O2.C19H16N4O3S/c1-32-23-17(24(31)27-20(14-30)16-5-3-2-4-6-16)9-11-19-22(23)18(28-29-19)10-7-15-8-12-21(25)26-13-15;1-28-20-15(21(27)24-12-14-3-2-10-29-14)6-8-17-19(20)16(25-26-17)7-4-13-5-9-18(22)23-11-13;1-26-18-13(19(25)22-12-4-5-12)6-8-15-17(18)14(23-24-15)7-2-11-3-9-16(20)21-10-11;1-25-18-13(19(24)21-11-12-3-2-9-26-12)4-5-14-17(18)15(23-22-14)6-7-16-20-8-10-27-16/h2-13,20,30H,14H2,1H3,(H,27,31)(H,28,29);2-11H,12H2,1H3,(H,24,27)(H,25,26);2-3,6-10,12H,4-5H2,1H3,(H,22,25)(H,23,24);2-10H,11H2,1H3,(H,21,24)(H,22,23)/b10-7+;7-4+;7-2+;7-6+/t20-;;;/m1.../s1. The number of aromatic nitrogens is 12. The van der Waals surface area contributed by atoms with Gasteiger partial charge in [-0.1, -0.05) is 48.6 Å². The SMILES string of the molecule is COc1c(C(=O)NC2CC2)ccc2n[nH]c(/C=C/c3ccc(F)nc3)c12.COc1c(C(=O)NCc2ccco2)ccc2n[nH]c(/C=C/c3ccc(F)nc3)c12.COc1c(C(=O)NCc2ccco2)ccc2n[nH]c(/C=C/c3nccs3)c12.COc1c(C(=O)N[C@H](CO)c2ccccc2)ccc2n[nH]c(/C=C/c3ccc(F)nc3)c12. The third-order valence-electron chi connectivity index (χ3n) is 17.6. The third kappa shape index (κ3) is 18.8. The van der Waals surface area contributed by atoms with Gasteiger partial charge in [0.15, 0.2) is 0 Å². The number of hydrogen-bond donors (Lipinski definition) is 9. The number of carbonyl (C=O) groups excluding carboxylic acids is 4. The van der Waals surface area contributed by atoms with Crippen LogP contribution in [-0.2, 0) is 13.1 Å². The molecule has 15 aromatic rings. The van der Waals surface area contributed by atoms with Gasteiger partial charge in [0.1, 0.15) is 39.5 Å². The first-order valence-corrected chi connectivity index (χ1v) is 36.1. The van der Waals surface area contributed by atoms with Gasteiger partial charge in [0.2, 0.25) is 17.8 Å². The van der Waals surface area contributed by atoms with Gasteiger partial charge in [0.25, 0.3) is 23.6 Å². The molecule has 10 aromatic heterocycles. The van der Waals surface area contributed by atoms with Crippen LogP contribution in [0.4, 0.5) is 13.2 Å². The summed E-state index contributed by atoms with van der Waals surface area (Å²) in [7, 11) is 6.06. The normalized spacial score (nSPS) is 12.2. The molecule has 5 aromatic carbocycles. The number of aromatic amines is 4. The van der Waals surface area contributed by atoms with Gasteiger partial charge in [-0.05, 0) is 175 Å². The number of rotatable bonds is 24. The molecule has 0 unspecified atom stereocenters. The zero-order chi connectivity index (χ0) is 79.5. The number of fused-ring (bicyclic) bond motifs is 4. The molecule has 10 heterocycles. The fourth-order valence-corrected chi connectivity index (χ4v) is 12.4. The van der Waals surface area contributed by atoms with Gasteiger partial charge in [-0.15, -0.1) is 11.3 Å². The largest absolute Gasteiger partial charge is 0.495 e. The summed E-state index contributed by atoms with van der Waals surface area (Å²) in [4.78, 5) is 66.0. The monoisotopic (exact) mass is 1560 g/mol. The number of methoxy groups -OCH3 is 4. The fraction of sp³-hybridized carbons (Fsp3) is 0.133. The number of benzene rings is 5. The molecule has 9 N–H and O–H groups in total. The van der Waals surface area contributed by atoms with E-state index in [4.69, 9.17) is 27.8 Å². The minimum absolute atomic E-state index is 0.148. The molecule has 1 aliphatic rings. The predicted octanol–water partition coefficient (Wildman–Crippen LogP) is 14.4. The van der Waals surface area contributed by atoms with E-state index in [1.807, 2.05) is 47.9 Å². The van der Waals surface area contributed by atoms with Crippen molar-refractivity contribution >= 4 is 127 Å². The second-order valence-electron chi connectivity index (χ2n) is 25.0. The molecule has 0 spiro atoms. The van der Waals surface area contributed by atoms with E-state index in [1.165, 1.54) is 69.5 Å². The molecule has 1 fully saturated rings. The summed E-state index contributed by atoms with van der Waals surface area (Å²) < 4.78 is 71.6. The Morgan fingerprint density at radius 2 is 0.860 bits per heavy atom. The van der Waals surface area contributed by atoms with Gasteiger partial charge in [-0.25, -0.2) is 19.9 Å². The van der Waals surface area contributed by atoms with E-state index in [2.05, 4.69) is 82.0 Å². The molecule has 1 atom stereocenters. The molecule has 114 heavy (non-hydrogen) atoms. The number of aliphatic hydroxyl groups excluding tert-OH is 1. The van der Waals surface area contributed by atoms with Crippen molar-refractivity contribution in [3.05, 3.63) is 284 Å². The lowest BCUT2D eigenvalue weighted by Crippen LogP contribution is -2.31. The van der Waals surface area contributed by atoms with Crippen LogP contribution in [0.25, 0.3) is 92.2 Å². The highest BCUT2D eigenvalue weighted by molar-refractivity contribution is 7.10. The number of pyridine rings is 3. The maximum Gasteiger partial charge on any atom is 0.255 e. The Labute approximate surface area is 651 Å². The molecule has 4 amide bonds. The highest BCUT2D eigenvalue weighted by Gasteiger charge is 2.28. The fourth-order valence-electron chi connectivity index (χ4n) is 11.9. The van der Waals surface area contributed by atoms with Crippen LogP contribution in [0.2, 0.25) is 0 Å². The van der Waals surface area contributed by atoms with E-state index in [9.17, 15) is 37.5 Å². The predicted molar refractivity (Wildman–Crippen MR) is 425 cm³/mol. The first-order chi connectivity index (χ1) is 55.7. The van der Waals surface area contributed by atoms with Crippen LogP contribution in [0.5, 0.6) is 23.0 Å². The molecule has 0 bridgehead atoms. The topological polar surface area (TPSA) is 366 Å². The van der Waals surface area contributed by atoms with Crippen molar-refractivity contribution in [1.82, 2.24) is 82.0 Å². The van der Waals surface area contributed by atoms with E-state index in [1.54, 1.807) is 153 Å². The van der Waals surface area contributed by atoms with Crippen LogP contribution in [-0.4, -0.2) is 131 Å². The molecule has 27 nitrogen and oxygen atoms in total. The van der Waals surface area contributed by atoms with Gasteiger partial charge in [-0.3, -0.25) is 39.6 Å². The van der Waals surface area contributed by atoms with Crippen molar-refractivity contribution in [2.45, 2.75) is 38.0 Å². The van der Waals surface area contributed by atoms with Crippen LogP contribution in [0.15, 0.2) is 191 Å². The second-order valence-corrected chi connectivity index (χ2v) is 26.0. The quantitative estimate of drug-likeness (QED) is 0.0254. The molecule has 0 saturated heterocycles. The minimum atomic E-state index is -0.557. The van der Waals surface area contributed by atoms with Crippen molar-refractivity contribution in [2.75, 3.05) is 35.0 Å². The van der Waals surface area contributed by atoms with E-state index in [-0.39, 0.29) is 42.8 Å². The van der Waals surface area contributed by atoms with E-state index >= 15 is 0 Å². The first-order valence-electron chi connectivity index (χ1n) is 35.2. The average Bonchev–Trinajstić information content (AvgIpc) is 1.63. The molecule has 1 aliphatic carbocycles. The summed E-state index contributed by atoms with van der Waals surface area (Å²) in [5.74, 6) is 0.350. The minimum Gasteiger partial charge on any atom is -0.495 e. The highest BCUT2D eigenvalue weighted by atomic mass is 32.1. The maximum atomic E-state index is 13.1. The lowest BCUT2D eigenvalue weighted by Gasteiger charge is -2.18. The number of nitrogens with one attached hydrogen (secondary N) is 8. The smallest absolute Gasteiger partial charge is 0.255 e. The second kappa shape index (κ2) is 36.7.